The van der Waals surface area contributed by atoms with Gasteiger partial charge in [0.1, 0.15) is 5.75 Å². The van der Waals surface area contributed by atoms with Crippen molar-refractivity contribution in [1.29, 1.82) is 0 Å². The first kappa shape index (κ1) is 23.7. The van der Waals surface area contributed by atoms with E-state index in [4.69, 9.17) is 39.5 Å². The number of rotatable bonds is 7. The fourth-order valence-electron chi connectivity index (χ4n) is 2.94. The molecule has 1 heterocycles. The van der Waals surface area contributed by atoms with Crippen LogP contribution >= 0.6 is 46.6 Å². The van der Waals surface area contributed by atoms with Crippen molar-refractivity contribution in [3.8, 4) is 5.75 Å². The lowest BCUT2D eigenvalue weighted by atomic mass is 10.1. The zero-order chi connectivity index (χ0) is 22.7. The highest BCUT2D eigenvalue weighted by molar-refractivity contribution is 7.99. The highest BCUT2D eigenvalue weighted by Crippen LogP contribution is 2.29. The molecule has 0 spiro atoms. The van der Waals surface area contributed by atoms with E-state index in [1.54, 1.807) is 18.2 Å². The normalized spacial score (nSPS) is 12.0. The average molecular weight is 500 g/mol. The predicted octanol–water partition coefficient (Wildman–Crippen LogP) is 6.26. The molecule has 0 aliphatic heterocycles. The quantitative estimate of drug-likeness (QED) is 0.388. The van der Waals surface area contributed by atoms with E-state index < -0.39 is 0 Å². The molecule has 1 aromatic heterocycles. The Morgan fingerprint density at radius 3 is 2.45 bits per heavy atom. The van der Waals surface area contributed by atoms with Gasteiger partial charge in [-0.15, -0.1) is 10.2 Å². The van der Waals surface area contributed by atoms with Crippen LogP contribution in [0.2, 0.25) is 15.1 Å². The maximum atomic E-state index is 12.3. The van der Waals surface area contributed by atoms with Gasteiger partial charge in [-0.05, 0) is 62.2 Å². The predicted molar refractivity (Wildman–Crippen MR) is 127 cm³/mol. The molecule has 6 nitrogen and oxygen atoms in total. The van der Waals surface area contributed by atoms with E-state index in [0.29, 0.717) is 32.5 Å². The Hall–Kier alpha value is -1.93. The molecule has 1 N–H and O–H groups in total. The van der Waals surface area contributed by atoms with Crippen LogP contribution in [0.25, 0.3) is 0 Å². The van der Waals surface area contributed by atoms with Crippen molar-refractivity contribution >= 4 is 58.2 Å². The molecule has 3 rings (SSSR count). The average Bonchev–Trinajstić information content (AvgIpc) is 3.08. The van der Waals surface area contributed by atoms with Crippen LogP contribution in [0, 0.1) is 13.8 Å². The van der Waals surface area contributed by atoms with Crippen LogP contribution in [0.3, 0.4) is 0 Å². The fraction of sp³-hybridized carbons (Fsp3) is 0.286. The lowest BCUT2D eigenvalue weighted by molar-refractivity contribution is -0.113. The van der Waals surface area contributed by atoms with E-state index in [9.17, 15) is 4.79 Å². The highest BCUT2D eigenvalue weighted by Gasteiger charge is 2.19. The topological polar surface area (TPSA) is 69.0 Å². The van der Waals surface area contributed by atoms with E-state index >= 15 is 0 Å². The number of carbonyl (C=O) groups excluding carboxylic acids is 1. The number of nitrogens with one attached hydrogen (secondary N) is 1. The molecule has 2 aromatic carbocycles. The van der Waals surface area contributed by atoms with E-state index in [0.717, 1.165) is 16.1 Å². The largest absolute Gasteiger partial charge is 0.483 e. The number of halogens is 3. The molecule has 0 fully saturated rings. The van der Waals surface area contributed by atoms with Crippen LogP contribution in [-0.4, -0.2) is 26.4 Å². The van der Waals surface area contributed by atoms with Gasteiger partial charge < -0.3 is 14.6 Å². The number of carbonyl (C=O) groups is 1. The number of hydrogen-bond acceptors (Lipinski definition) is 5. The minimum Gasteiger partial charge on any atom is -0.483 e. The lowest BCUT2D eigenvalue weighted by Crippen LogP contribution is -2.15. The zero-order valence-corrected chi connectivity index (χ0v) is 20.5. The maximum absolute atomic E-state index is 12.3. The van der Waals surface area contributed by atoms with Crippen molar-refractivity contribution in [2.45, 2.75) is 32.0 Å². The lowest BCUT2D eigenvalue weighted by Gasteiger charge is -2.16. The minimum atomic E-state index is -0.336. The van der Waals surface area contributed by atoms with Crippen molar-refractivity contribution < 1.29 is 9.53 Å². The van der Waals surface area contributed by atoms with Gasteiger partial charge in [0, 0.05) is 17.8 Å². The summed E-state index contributed by atoms with van der Waals surface area (Å²) in [6.45, 7) is 5.77. The van der Waals surface area contributed by atoms with Crippen molar-refractivity contribution in [2.24, 2.45) is 7.05 Å². The Labute approximate surface area is 200 Å². The summed E-state index contributed by atoms with van der Waals surface area (Å²) in [6.07, 6.45) is -0.336. The van der Waals surface area contributed by atoms with Crippen molar-refractivity contribution in [1.82, 2.24) is 14.8 Å². The fourth-order valence-corrected chi connectivity index (χ4v) is 4.06. The third kappa shape index (κ3) is 5.86. The maximum Gasteiger partial charge on any atom is 0.234 e. The first-order valence-corrected chi connectivity index (χ1v) is 11.5. The van der Waals surface area contributed by atoms with Crippen molar-refractivity contribution in [3.05, 3.63) is 62.4 Å². The van der Waals surface area contributed by atoms with Gasteiger partial charge in [-0.2, -0.15) is 0 Å². The molecule has 0 aliphatic rings. The van der Waals surface area contributed by atoms with Gasteiger partial charge in [0.2, 0.25) is 5.91 Å². The number of aromatic nitrogens is 3. The number of amides is 1. The zero-order valence-electron chi connectivity index (χ0n) is 17.4. The molecule has 0 saturated carbocycles. The molecule has 1 atom stereocenters. The molecule has 0 aliphatic carbocycles. The molecule has 3 aromatic rings. The molecule has 10 heteroatoms. The molecule has 0 radical (unpaired) electrons. The second-order valence-corrected chi connectivity index (χ2v) is 9.13. The Morgan fingerprint density at radius 2 is 1.81 bits per heavy atom. The first-order valence-electron chi connectivity index (χ1n) is 9.36. The molecular weight excluding hydrogens is 479 g/mol. The molecule has 0 saturated heterocycles. The summed E-state index contributed by atoms with van der Waals surface area (Å²) in [5.74, 6) is 1.34. The van der Waals surface area contributed by atoms with Crippen LogP contribution in [0.15, 0.2) is 35.5 Å². The summed E-state index contributed by atoms with van der Waals surface area (Å²) in [5, 5.41) is 13.4. The molecule has 1 amide bonds. The number of benzene rings is 2. The Kier molecular flexibility index (Phi) is 7.75. The summed E-state index contributed by atoms with van der Waals surface area (Å²) < 4.78 is 7.86. The number of thioether (sulfide) groups is 1. The second kappa shape index (κ2) is 10.1. The van der Waals surface area contributed by atoms with Gasteiger partial charge in [0.05, 0.1) is 15.8 Å². The molecule has 164 valence electrons. The number of anilines is 1. The monoisotopic (exact) mass is 498 g/mol. The summed E-state index contributed by atoms with van der Waals surface area (Å²) in [5.41, 5.74) is 2.48. The SMILES string of the molecule is Cc1cc(OC(C)c2nnc(SCC(=O)Nc3ccc(Cl)c(Cl)c3)n2C)cc(C)c1Cl. The Bertz CT molecular complexity index is 1100. The van der Waals surface area contributed by atoms with Gasteiger partial charge in [0.15, 0.2) is 17.1 Å². The third-order valence-electron chi connectivity index (χ3n) is 4.49. The number of nitrogens with zero attached hydrogens (tertiary/aromatic N) is 3. The van der Waals surface area contributed by atoms with Gasteiger partial charge in [-0.3, -0.25) is 4.79 Å². The summed E-state index contributed by atoms with van der Waals surface area (Å²) in [7, 11) is 1.84. The number of aryl methyl sites for hydroxylation is 2. The van der Waals surface area contributed by atoms with Crippen LogP contribution < -0.4 is 10.1 Å². The standard InChI is InChI=1S/C21H21Cl3N4O2S/c1-11-7-15(8-12(2)19(11)24)30-13(3)20-26-27-21(28(20)4)31-10-18(29)25-14-5-6-16(22)17(23)9-14/h5-9,13H,10H2,1-4H3,(H,25,29). The van der Waals surface area contributed by atoms with Gasteiger partial charge >= 0.3 is 0 Å². The van der Waals surface area contributed by atoms with E-state index in [1.165, 1.54) is 11.8 Å². The van der Waals surface area contributed by atoms with Crippen LogP contribution in [-0.2, 0) is 11.8 Å². The molecular formula is C21H21Cl3N4O2S. The summed E-state index contributed by atoms with van der Waals surface area (Å²) >= 11 is 19.4. The van der Waals surface area contributed by atoms with Crippen molar-refractivity contribution in [2.75, 3.05) is 11.1 Å². The smallest absolute Gasteiger partial charge is 0.234 e. The number of ether oxygens (including phenoxy) is 1. The van der Waals surface area contributed by atoms with Crippen LogP contribution in [0.5, 0.6) is 5.75 Å². The van der Waals surface area contributed by atoms with Crippen LogP contribution in [0.1, 0.15) is 30.0 Å². The van der Waals surface area contributed by atoms with Crippen LogP contribution in [0.4, 0.5) is 5.69 Å². The van der Waals surface area contributed by atoms with E-state index in [1.807, 2.05) is 44.5 Å². The number of hydrogen-bond donors (Lipinski definition) is 1. The second-order valence-electron chi connectivity index (χ2n) is 7.00. The van der Waals surface area contributed by atoms with E-state index in [2.05, 4.69) is 15.5 Å². The Morgan fingerprint density at radius 1 is 1.13 bits per heavy atom. The van der Waals surface area contributed by atoms with Crippen molar-refractivity contribution in [3.63, 3.8) is 0 Å². The van der Waals surface area contributed by atoms with E-state index in [-0.39, 0.29) is 17.8 Å². The summed E-state index contributed by atoms with van der Waals surface area (Å²) in [4.78, 5) is 12.3. The Balaban J connectivity index is 1.61. The van der Waals surface area contributed by atoms with Gasteiger partial charge in [0.25, 0.3) is 0 Å². The third-order valence-corrected chi connectivity index (χ3v) is 6.85. The molecule has 1 unspecified atom stereocenters. The molecule has 0 bridgehead atoms. The molecule has 31 heavy (non-hydrogen) atoms. The first-order chi connectivity index (χ1) is 14.7. The van der Waals surface area contributed by atoms with Gasteiger partial charge in [-0.1, -0.05) is 46.6 Å². The van der Waals surface area contributed by atoms with Gasteiger partial charge in [-0.25, -0.2) is 0 Å². The summed E-state index contributed by atoms with van der Waals surface area (Å²) in [6, 6.07) is 8.71. The highest BCUT2D eigenvalue weighted by atomic mass is 35.5. The minimum absolute atomic E-state index is 0.164.